The van der Waals surface area contributed by atoms with E-state index in [2.05, 4.69) is 10.6 Å². The second kappa shape index (κ2) is 5.28. The van der Waals surface area contributed by atoms with Crippen LogP contribution in [0.5, 0.6) is 0 Å². The minimum absolute atomic E-state index is 0.170. The molecule has 2 aliphatic heterocycles. The maximum Gasteiger partial charge on any atom is 0.299 e. The average molecular weight is 292 g/mol. The van der Waals surface area contributed by atoms with E-state index in [-0.39, 0.29) is 17.4 Å². The molecule has 112 valence electrons. The van der Waals surface area contributed by atoms with Gasteiger partial charge in [0.2, 0.25) is 0 Å². The fraction of sp³-hybridized carbons (Fsp3) is 0.538. The van der Waals surface area contributed by atoms with Gasteiger partial charge in [0.15, 0.2) is 0 Å². The first-order valence-corrected chi connectivity index (χ1v) is 6.98. The number of nitro groups is 2. The number of nitrogens with zero attached hydrogens (tertiary/aromatic N) is 2. The Morgan fingerprint density at radius 3 is 2.33 bits per heavy atom. The topological polar surface area (TPSA) is 110 Å². The van der Waals surface area contributed by atoms with Crippen LogP contribution in [0.15, 0.2) is 18.2 Å². The van der Waals surface area contributed by atoms with Crippen LogP contribution in [0.1, 0.15) is 25.7 Å². The predicted molar refractivity (Wildman–Crippen MR) is 76.3 cm³/mol. The Morgan fingerprint density at radius 1 is 1.10 bits per heavy atom. The summed E-state index contributed by atoms with van der Waals surface area (Å²) in [6, 6.07) is 4.85. The van der Waals surface area contributed by atoms with Gasteiger partial charge < -0.3 is 10.6 Å². The third kappa shape index (κ3) is 2.80. The van der Waals surface area contributed by atoms with E-state index in [1.165, 1.54) is 12.1 Å². The highest BCUT2D eigenvalue weighted by atomic mass is 16.6. The Labute approximate surface area is 120 Å². The Kier molecular flexibility index (Phi) is 3.46. The van der Waals surface area contributed by atoms with E-state index in [4.69, 9.17) is 0 Å². The molecule has 8 nitrogen and oxygen atoms in total. The molecule has 2 saturated heterocycles. The molecule has 2 heterocycles. The van der Waals surface area contributed by atoms with Crippen LogP contribution in [-0.2, 0) is 0 Å². The second-order valence-corrected chi connectivity index (χ2v) is 5.67. The van der Waals surface area contributed by atoms with E-state index in [0.29, 0.717) is 17.8 Å². The molecule has 0 aromatic heterocycles. The van der Waals surface area contributed by atoms with Gasteiger partial charge in [-0.1, -0.05) is 0 Å². The van der Waals surface area contributed by atoms with Gasteiger partial charge in [-0.15, -0.1) is 0 Å². The second-order valence-electron chi connectivity index (χ2n) is 5.67. The van der Waals surface area contributed by atoms with Crippen molar-refractivity contribution in [1.82, 2.24) is 5.32 Å². The Bertz CT molecular complexity index is 580. The van der Waals surface area contributed by atoms with Crippen molar-refractivity contribution in [3.05, 3.63) is 38.4 Å². The molecule has 2 fully saturated rings. The molecule has 2 N–H and O–H groups in total. The number of hydrogen-bond donors (Lipinski definition) is 2. The van der Waals surface area contributed by atoms with Crippen LogP contribution in [0.4, 0.5) is 17.1 Å². The van der Waals surface area contributed by atoms with Crippen molar-refractivity contribution in [3.8, 4) is 0 Å². The van der Waals surface area contributed by atoms with Crippen LogP contribution in [0, 0.1) is 20.2 Å². The van der Waals surface area contributed by atoms with Gasteiger partial charge in [-0.25, -0.2) is 0 Å². The number of hydrogen-bond acceptors (Lipinski definition) is 6. The van der Waals surface area contributed by atoms with Gasteiger partial charge in [0, 0.05) is 24.2 Å². The van der Waals surface area contributed by atoms with Gasteiger partial charge in [0.1, 0.15) is 5.69 Å². The fourth-order valence-corrected chi connectivity index (χ4v) is 3.30. The van der Waals surface area contributed by atoms with Crippen molar-refractivity contribution in [1.29, 1.82) is 0 Å². The lowest BCUT2D eigenvalue weighted by Gasteiger charge is -2.30. The molecule has 1 aromatic carbocycles. The largest absolute Gasteiger partial charge is 0.377 e. The summed E-state index contributed by atoms with van der Waals surface area (Å²) < 4.78 is 0. The summed E-state index contributed by atoms with van der Waals surface area (Å²) in [6.07, 6.45) is 4.13. The van der Waals surface area contributed by atoms with E-state index in [1.807, 2.05) is 0 Å². The van der Waals surface area contributed by atoms with Crippen molar-refractivity contribution in [3.63, 3.8) is 0 Å². The highest BCUT2D eigenvalue weighted by molar-refractivity contribution is 5.65. The molecule has 3 rings (SSSR count). The number of non-ortho nitro benzene ring substituents is 1. The summed E-state index contributed by atoms with van der Waals surface area (Å²) in [5.74, 6) is 0. The van der Waals surface area contributed by atoms with Gasteiger partial charge in [0.05, 0.1) is 15.9 Å². The first-order chi connectivity index (χ1) is 10.0. The monoisotopic (exact) mass is 292 g/mol. The summed E-state index contributed by atoms with van der Waals surface area (Å²) in [7, 11) is 0. The van der Waals surface area contributed by atoms with Crippen LogP contribution >= 0.6 is 0 Å². The molecular formula is C13H16N4O4. The number of rotatable bonds is 4. The first kappa shape index (κ1) is 13.7. The van der Waals surface area contributed by atoms with Crippen LogP contribution in [0.3, 0.4) is 0 Å². The van der Waals surface area contributed by atoms with Gasteiger partial charge in [-0.2, -0.15) is 0 Å². The lowest BCUT2D eigenvalue weighted by Crippen LogP contribution is -2.43. The highest BCUT2D eigenvalue weighted by Crippen LogP contribution is 2.33. The molecule has 1 aromatic rings. The number of piperidine rings is 1. The maximum absolute atomic E-state index is 11.1. The average Bonchev–Trinajstić information content (AvgIpc) is 2.78. The van der Waals surface area contributed by atoms with E-state index in [9.17, 15) is 20.2 Å². The number of benzene rings is 1. The molecule has 0 saturated carbocycles. The van der Waals surface area contributed by atoms with Crippen LogP contribution in [-0.4, -0.2) is 28.0 Å². The van der Waals surface area contributed by atoms with E-state index >= 15 is 0 Å². The molecule has 2 atom stereocenters. The Hall–Kier alpha value is -2.22. The van der Waals surface area contributed by atoms with E-state index in [1.54, 1.807) is 0 Å². The van der Waals surface area contributed by atoms with Gasteiger partial charge in [-0.05, 0) is 31.7 Å². The van der Waals surface area contributed by atoms with Gasteiger partial charge >= 0.3 is 0 Å². The van der Waals surface area contributed by atoms with Crippen molar-refractivity contribution < 1.29 is 9.85 Å². The van der Waals surface area contributed by atoms with Crippen LogP contribution < -0.4 is 10.6 Å². The molecule has 8 heteroatoms. The van der Waals surface area contributed by atoms with Gasteiger partial charge in [-0.3, -0.25) is 20.2 Å². The van der Waals surface area contributed by atoms with E-state index in [0.717, 1.165) is 31.7 Å². The molecule has 0 spiro atoms. The van der Waals surface area contributed by atoms with Gasteiger partial charge in [0.25, 0.3) is 11.4 Å². The zero-order valence-corrected chi connectivity index (χ0v) is 11.3. The minimum atomic E-state index is -0.623. The Morgan fingerprint density at radius 2 is 1.76 bits per heavy atom. The lowest BCUT2D eigenvalue weighted by molar-refractivity contribution is -0.393. The zero-order valence-electron chi connectivity index (χ0n) is 11.3. The molecule has 0 amide bonds. The maximum atomic E-state index is 11.1. The number of fused-ring (bicyclic) bond motifs is 2. The van der Waals surface area contributed by atoms with Crippen molar-refractivity contribution in [2.24, 2.45) is 0 Å². The number of nitro benzene ring substituents is 2. The van der Waals surface area contributed by atoms with Crippen molar-refractivity contribution in [2.45, 2.75) is 43.8 Å². The smallest absolute Gasteiger partial charge is 0.299 e. The third-order valence-corrected chi connectivity index (χ3v) is 4.22. The third-order valence-electron chi connectivity index (χ3n) is 4.22. The summed E-state index contributed by atoms with van der Waals surface area (Å²) >= 11 is 0. The molecule has 0 radical (unpaired) electrons. The molecule has 0 aliphatic carbocycles. The van der Waals surface area contributed by atoms with E-state index < -0.39 is 9.85 Å². The lowest BCUT2D eigenvalue weighted by atomic mass is 9.99. The zero-order chi connectivity index (χ0) is 15.0. The standard InChI is InChI=1S/C13H16N4O4/c18-16(19)11-3-4-12(13(7-11)17(20)21)15-10-5-8-1-2-9(6-10)14-8/h3-4,7-10,14-15H,1-2,5-6H2. The number of nitrogens with one attached hydrogen (secondary N) is 2. The SMILES string of the molecule is O=[N+]([O-])c1ccc(NC2CC3CCC(C2)N3)c([N+](=O)[O-])c1. The first-order valence-electron chi connectivity index (χ1n) is 6.98. The van der Waals surface area contributed by atoms with Crippen molar-refractivity contribution in [2.75, 3.05) is 5.32 Å². The highest BCUT2D eigenvalue weighted by Gasteiger charge is 2.34. The van der Waals surface area contributed by atoms with Crippen LogP contribution in [0.2, 0.25) is 0 Å². The molecule has 2 aliphatic rings. The van der Waals surface area contributed by atoms with Crippen molar-refractivity contribution >= 4 is 17.1 Å². The summed E-state index contributed by atoms with van der Waals surface area (Å²) in [6.45, 7) is 0. The van der Waals surface area contributed by atoms with Crippen LogP contribution in [0.25, 0.3) is 0 Å². The summed E-state index contributed by atoms with van der Waals surface area (Å²) in [4.78, 5) is 20.6. The quantitative estimate of drug-likeness (QED) is 0.650. The summed E-state index contributed by atoms with van der Waals surface area (Å²) in [5, 5.41) is 28.5. The molecular weight excluding hydrogens is 276 g/mol. The Balaban J connectivity index is 1.81. The predicted octanol–water partition coefficient (Wildman–Crippen LogP) is 2.20. The number of anilines is 1. The molecule has 2 unspecified atom stereocenters. The molecule has 2 bridgehead atoms. The minimum Gasteiger partial charge on any atom is -0.377 e. The fourth-order valence-electron chi connectivity index (χ4n) is 3.30. The summed E-state index contributed by atoms with van der Waals surface area (Å²) in [5.41, 5.74) is -0.149. The molecule has 21 heavy (non-hydrogen) atoms. The normalized spacial score (nSPS) is 27.3.